The number of hydrogen-bond acceptors (Lipinski definition) is 3. The first-order valence-corrected chi connectivity index (χ1v) is 6.56. The molecule has 1 heterocycles. The van der Waals surface area contributed by atoms with Crippen molar-refractivity contribution in [1.29, 1.82) is 0 Å². The fourth-order valence-electron chi connectivity index (χ4n) is 2.30. The van der Waals surface area contributed by atoms with Crippen LogP contribution in [0.5, 0.6) is 5.75 Å². The molecule has 3 nitrogen and oxygen atoms in total. The van der Waals surface area contributed by atoms with Crippen LogP contribution < -0.4 is 15.0 Å². The van der Waals surface area contributed by atoms with E-state index in [1.165, 1.54) is 18.5 Å². The average Bonchev–Trinajstić information content (AvgIpc) is 3.13. The summed E-state index contributed by atoms with van der Waals surface area (Å²) in [5.74, 6) is 1.02. The third kappa shape index (κ3) is 2.72. The van der Waals surface area contributed by atoms with Gasteiger partial charge in [-0.1, -0.05) is 6.07 Å². The SMILES string of the molecule is CC1CN(c2cccc(OC3CC3)c2)CCN1. The minimum Gasteiger partial charge on any atom is -0.490 e. The van der Waals surface area contributed by atoms with Crippen molar-refractivity contribution in [1.82, 2.24) is 5.32 Å². The molecule has 0 spiro atoms. The summed E-state index contributed by atoms with van der Waals surface area (Å²) in [5.41, 5.74) is 1.29. The summed E-state index contributed by atoms with van der Waals surface area (Å²) in [5, 5.41) is 3.47. The normalized spacial score (nSPS) is 24.8. The molecular weight excluding hydrogens is 212 g/mol. The first kappa shape index (κ1) is 10.9. The Morgan fingerprint density at radius 3 is 3.00 bits per heavy atom. The number of hydrogen-bond donors (Lipinski definition) is 1. The Morgan fingerprint density at radius 2 is 2.24 bits per heavy atom. The zero-order valence-corrected chi connectivity index (χ0v) is 10.4. The van der Waals surface area contributed by atoms with Gasteiger partial charge in [-0.3, -0.25) is 0 Å². The molecule has 1 aromatic carbocycles. The lowest BCUT2D eigenvalue weighted by Gasteiger charge is -2.33. The molecule has 0 amide bonds. The van der Waals surface area contributed by atoms with E-state index in [-0.39, 0.29) is 0 Å². The molecule has 1 aliphatic carbocycles. The van der Waals surface area contributed by atoms with Gasteiger partial charge in [-0.2, -0.15) is 0 Å². The van der Waals surface area contributed by atoms with Gasteiger partial charge in [-0.25, -0.2) is 0 Å². The first-order valence-electron chi connectivity index (χ1n) is 6.56. The van der Waals surface area contributed by atoms with E-state index in [0.717, 1.165) is 25.4 Å². The summed E-state index contributed by atoms with van der Waals surface area (Å²) < 4.78 is 5.84. The van der Waals surface area contributed by atoms with Crippen LogP contribution in [0.3, 0.4) is 0 Å². The largest absolute Gasteiger partial charge is 0.490 e. The van der Waals surface area contributed by atoms with Crippen molar-refractivity contribution < 1.29 is 4.74 Å². The zero-order chi connectivity index (χ0) is 11.7. The number of anilines is 1. The van der Waals surface area contributed by atoms with Crippen LogP contribution in [0.2, 0.25) is 0 Å². The van der Waals surface area contributed by atoms with Crippen LogP contribution in [-0.4, -0.2) is 31.8 Å². The molecular formula is C14H20N2O. The second kappa shape index (κ2) is 4.57. The molecule has 1 unspecified atom stereocenters. The minimum atomic E-state index is 0.479. The summed E-state index contributed by atoms with van der Waals surface area (Å²) in [7, 11) is 0. The molecule has 1 saturated carbocycles. The Bertz CT molecular complexity index is 390. The predicted molar refractivity (Wildman–Crippen MR) is 69.8 cm³/mol. The van der Waals surface area contributed by atoms with Crippen LogP contribution in [0.25, 0.3) is 0 Å². The zero-order valence-electron chi connectivity index (χ0n) is 10.4. The number of benzene rings is 1. The van der Waals surface area contributed by atoms with Crippen LogP contribution in [-0.2, 0) is 0 Å². The average molecular weight is 232 g/mol. The molecule has 0 aromatic heterocycles. The quantitative estimate of drug-likeness (QED) is 0.863. The van der Waals surface area contributed by atoms with Crippen molar-refractivity contribution in [3.63, 3.8) is 0 Å². The molecule has 2 fully saturated rings. The summed E-state index contributed by atoms with van der Waals surface area (Å²) in [6.07, 6.45) is 2.91. The summed E-state index contributed by atoms with van der Waals surface area (Å²) in [6, 6.07) is 9.08. The highest BCUT2D eigenvalue weighted by molar-refractivity contribution is 5.51. The third-order valence-corrected chi connectivity index (χ3v) is 3.38. The van der Waals surface area contributed by atoms with Crippen molar-refractivity contribution in [2.45, 2.75) is 31.9 Å². The Hall–Kier alpha value is -1.22. The van der Waals surface area contributed by atoms with Gasteiger partial charge in [-0.15, -0.1) is 0 Å². The molecule has 92 valence electrons. The number of nitrogens with zero attached hydrogens (tertiary/aromatic N) is 1. The van der Waals surface area contributed by atoms with E-state index < -0.39 is 0 Å². The molecule has 1 aromatic rings. The fourth-order valence-corrected chi connectivity index (χ4v) is 2.30. The molecule has 0 bridgehead atoms. The van der Waals surface area contributed by atoms with Crippen LogP contribution >= 0.6 is 0 Å². The number of rotatable bonds is 3. The van der Waals surface area contributed by atoms with Gasteiger partial charge >= 0.3 is 0 Å². The van der Waals surface area contributed by atoms with Crippen molar-refractivity contribution in [2.24, 2.45) is 0 Å². The monoisotopic (exact) mass is 232 g/mol. The summed E-state index contributed by atoms with van der Waals surface area (Å²) in [4.78, 5) is 2.43. The molecule has 1 atom stereocenters. The Kier molecular flexibility index (Phi) is 2.93. The van der Waals surface area contributed by atoms with Gasteiger partial charge in [0.15, 0.2) is 0 Å². The van der Waals surface area contributed by atoms with Gasteiger partial charge in [0, 0.05) is 37.4 Å². The Morgan fingerprint density at radius 1 is 1.35 bits per heavy atom. The maximum Gasteiger partial charge on any atom is 0.121 e. The molecule has 3 heteroatoms. The van der Waals surface area contributed by atoms with Gasteiger partial charge in [-0.05, 0) is 31.9 Å². The van der Waals surface area contributed by atoms with E-state index in [0.29, 0.717) is 12.1 Å². The van der Waals surface area contributed by atoms with E-state index in [2.05, 4.69) is 41.4 Å². The van der Waals surface area contributed by atoms with Gasteiger partial charge in [0.1, 0.15) is 5.75 Å². The number of nitrogens with one attached hydrogen (secondary N) is 1. The molecule has 1 saturated heterocycles. The van der Waals surface area contributed by atoms with E-state index in [9.17, 15) is 0 Å². The molecule has 0 radical (unpaired) electrons. The van der Waals surface area contributed by atoms with E-state index in [4.69, 9.17) is 4.74 Å². The number of ether oxygens (including phenoxy) is 1. The highest BCUT2D eigenvalue weighted by Gasteiger charge is 2.24. The summed E-state index contributed by atoms with van der Waals surface area (Å²) in [6.45, 7) is 5.45. The van der Waals surface area contributed by atoms with E-state index >= 15 is 0 Å². The van der Waals surface area contributed by atoms with E-state index in [1.54, 1.807) is 0 Å². The topological polar surface area (TPSA) is 24.5 Å². The van der Waals surface area contributed by atoms with Crippen molar-refractivity contribution >= 4 is 5.69 Å². The van der Waals surface area contributed by atoms with Gasteiger partial charge < -0.3 is 15.0 Å². The lowest BCUT2D eigenvalue weighted by molar-refractivity contribution is 0.303. The third-order valence-electron chi connectivity index (χ3n) is 3.38. The molecule has 1 N–H and O–H groups in total. The molecule has 2 aliphatic rings. The van der Waals surface area contributed by atoms with Crippen LogP contribution in [0.15, 0.2) is 24.3 Å². The second-order valence-electron chi connectivity index (χ2n) is 5.12. The lowest BCUT2D eigenvalue weighted by Crippen LogP contribution is -2.49. The second-order valence-corrected chi connectivity index (χ2v) is 5.12. The number of piperazine rings is 1. The van der Waals surface area contributed by atoms with Gasteiger partial charge in [0.2, 0.25) is 0 Å². The van der Waals surface area contributed by atoms with Crippen LogP contribution in [0, 0.1) is 0 Å². The maximum absolute atomic E-state index is 5.84. The highest BCUT2D eigenvalue weighted by Crippen LogP contribution is 2.29. The Labute approximate surface area is 103 Å². The predicted octanol–water partition coefficient (Wildman–Crippen LogP) is 2.03. The maximum atomic E-state index is 5.84. The molecule has 1 aliphatic heterocycles. The van der Waals surface area contributed by atoms with Crippen molar-refractivity contribution in [3.8, 4) is 5.75 Å². The van der Waals surface area contributed by atoms with Crippen LogP contribution in [0.4, 0.5) is 5.69 Å². The van der Waals surface area contributed by atoms with Gasteiger partial charge in [0.25, 0.3) is 0 Å². The minimum absolute atomic E-state index is 0.479. The van der Waals surface area contributed by atoms with Crippen molar-refractivity contribution in [3.05, 3.63) is 24.3 Å². The standard InChI is InChI=1S/C14H20N2O/c1-11-10-16(8-7-15-11)12-3-2-4-14(9-12)17-13-5-6-13/h2-4,9,11,13,15H,5-8,10H2,1H3. The van der Waals surface area contributed by atoms with E-state index in [1.807, 2.05) is 0 Å². The van der Waals surface area contributed by atoms with Crippen LogP contribution in [0.1, 0.15) is 19.8 Å². The van der Waals surface area contributed by atoms with Gasteiger partial charge in [0.05, 0.1) is 6.10 Å². The lowest BCUT2D eigenvalue weighted by atomic mass is 10.2. The van der Waals surface area contributed by atoms with Crippen molar-refractivity contribution in [2.75, 3.05) is 24.5 Å². The highest BCUT2D eigenvalue weighted by atomic mass is 16.5. The first-order chi connectivity index (χ1) is 8.31. The molecule has 3 rings (SSSR count). The Balaban J connectivity index is 1.72. The smallest absolute Gasteiger partial charge is 0.121 e. The summed E-state index contributed by atoms with van der Waals surface area (Å²) >= 11 is 0. The fraction of sp³-hybridized carbons (Fsp3) is 0.571. The molecule has 17 heavy (non-hydrogen) atoms.